The third-order valence-corrected chi connectivity index (χ3v) is 3.36. The van der Waals surface area contributed by atoms with Crippen LogP contribution in [-0.2, 0) is 4.79 Å². The van der Waals surface area contributed by atoms with E-state index in [0.717, 1.165) is 0 Å². The number of carboxylic acids is 1. The van der Waals surface area contributed by atoms with Crippen molar-refractivity contribution in [1.82, 2.24) is 0 Å². The molecule has 0 aliphatic carbocycles. The average Bonchev–Trinajstić information content (AvgIpc) is 2.59. The average molecular weight is 329 g/mol. The van der Waals surface area contributed by atoms with Crippen molar-refractivity contribution < 1.29 is 24.3 Å². The van der Waals surface area contributed by atoms with Crippen LogP contribution in [0.3, 0.4) is 0 Å². The normalized spacial score (nSPS) is 11.0. The van der Waals surface area contributed by atoms with Crippen LogP contribution >= 0.6 is 0 Å². The highest BCUT2D eigenvalue weighted by molar-refractivity contribution is 6.22. The molecule has 0 spiro atoms. The lowest BCUT2D eigenvalue weighted by Crippen LogP contribution is -2.03. The summed E-state index contributed by atoms with van der Waals surface area (Å²) in [6.45, 7) is 0. The van der Waals surface area contributed by atoms with Crippen molar-refractivity contribution in [3.63, 3.8) is 0 Å². The summed E-state index contributed by atoms with van der Waals surface area (Å²) in [5.41, 5.74) is -0.0471. The molecule has 0 aliphatic rings. The van der Waals surface area contributed by atoms with Gasteiger partial charge in [-0.2, -0.15) is 0 Å². The molecule has 0 saturated carbocycles. The van der Waals surface area contributed by atoms with E-state index < -0.39 is 10.9 Å². The molecule has 2 aromatic carbocycles. The molecule has 2 rings (SSSR count). The summed E-state index contributed by atoms with van der Waals surface area (Å²) in [4.78, 5) is 22.2. The van der Waals surface area contributed by atoms with Crippen molar-refractivity contribution in [2.45, 2.75) is 0 Å². The molecular formula is C17H15NO6. The second-order valence-corrected chi connectivity index (χ2v) is 4.75. The third kappa shape index (κ3) is 3.52. The van der Waals surface area contributed by atoms with Crippen LogP contribution in [0.1, 0.15) is 11.1 Å². The van der Waals surface area contributed by atoms with Gasteiger partial charge in [-0.1, -0.05) is 12.1 Å². The lowest BCUT2D eigenvalue weighted by atomic mass is 10.0. The second-order valence-electron chi connectivity index (χ2n) is 4.75. The summed E-state index contributed by atoms with van der Waals surface area (Å²) in [6, 6.07) is 10.6. The first-order valence-corrected chi connectivity index (χ1v) is 6.88. The maximum Gasteiger partial charge on any atom is 0.336 e. The molecule has 0 amide bonds. The third-order valence-electron chi connectivity index (χ3n) is 3.36. The molecule has 0 radical (unpaired) electrons. The number of carboxylic acid groups (broad SMARTS) is 1. The van der Waals surface area contributed by atoms with Gasteiger partial charge in [-0.25, -0.2) is 4.79 Å². The fourth-order valence-electron chi connectivity index (χ4n) is 2.22. The van der Waals surface area contributed by atoms with Crippen molar-refractivity contribution in [1.29, 1.82) is 0 Å². The Bertz CT molecular complexity index is 812. The lowest BCUT2D eigenvalue weighted by Gasteiger charge is -2.09. The standard InChI is InChI=1S/C17H15NO6/c1-23-12-7-8-16(24-2)11(9-12)10-14(17(19)20)13-5-3-4-6-15(13)18(21)22/h3-10H,1-2H3,(H,19,20)/b14-10+. The zero-order chi connectivity index (χ0) is 17.7. The summed E-state index contributed by atoms with van der Waals surface area (Å²) in [5, 5.41) is 20.7. The summed E-state index contributed by atoms with van der Waals surface area (Å²) < 4.78 is 10.3. The van der Waals surface area contributed by atoms with E-state index in [0.29, 0.717) is 17.1 Å². The second kappa shape index (κ2) is 7.28. The number of carbonyl (C=O) groups is 1. The van der Waals surface area contributed by atoms with E-state index >= 15 is 0 Å². The molecular weight excluding hydrogens is 314 g/mol. The van der Waals surface area contributed by atoms with Crippen molar-refractivity contribution >= 4 is 23.3 Å². The summed E-state index contributed by atoms with van der Waals surface area (Å²) in [6.07, 6.45) is 1.33. The SMILES string of the molecule is COc1ccc(OC)c(/C=C(/C(=O)O)c2ccccc2[N+](=O)[O-])c1. The quantitative estimate of drug-likeness (QED) is 0.378. The highest BCUT2D eigenvalue weighted by atomic mass is 16.6. The molecule has 0 saturated heterocycles. The number of hydrogen-bond acceptors (Lipinski definition) is 5. The van der Waals surface area contributed by atoms with Gasteiger partial charge in [-0.3, -0.25) is 10.1 Å². The molecule has 0 bridgehead atoms. The van der Waals surface area contributed by atoms with Crippen LogP contribution < -0.4 is 9.47 Å². The van der Waals surface area contributed by atoms with E-state index in [-0.39, 0.29) is 16.8 Å². The van der Waals surface area contributed by atoms with Crippen LogP contribution in [0, 0.1) is 10.1 Å². The molecule has 2 aromatic rings. The van der Waals surface area contributed by atoms with Crippen LogP contribution in [0.15, 0.2) is 42.5 Å². The van der Waals surface area contributed by atoms with Crippen LogP contribution in [0.2, 0.25) is 0 Å². The van der Waals surface area contributed by atoms with Gasteiger partial charge in [0.05, 0.1) is 30.3 Å². The Morgan fingerprint density at radius 3 is 2.46 bits per heavy atom. The molecule has 1 N–H and O–H groups in total. The van der Waals surface area contributed by atoms with Crippen LogP contribution in [0.4, 0.5) is 5.69 Å². The van der Waals surface area contributed by atoms with Crippen LogP contribution in [0.25, 0.3) is 11.6 Å². The van der Waals surface area contributed by atoms with Crippen molar-refractivity contribution in [2.24, 2.45) is 0 Å². The number of benzene rings is 2. The van der Waals surface area contributed by atoms with Crippen LogP contribution in [0.5, 0.6) is 11.5 Å². The zero-order valence-corrected chi connectivity index (χ0v) is 13.1. The minimum Gasteiger partial charge on any atom is -0.497 e. The molecule has 0 aliphatic heterocycles. The fourth-order valence-corrected chi connectivity index (χ4v) is 2.22. The Morgan fingerprint density at radius 1 is 1.17 bits per heavy atom. The lowest BCUT2D eigenvalue weighted by molar-refractivity contribution is -0.385. The first-order valence-electron chi connectivity index (χ1n) is 6.88. The van der Waals surface area contributed by atoms with Gasteiger partial charge in [0.25, 0.3) is 5.69 Å². The van der Waals surface area contributed by atoms with Crippen molar-refractivity contribution in [3.8, 4) is 11.5 Å². The van der Waals surface area contributed by atoms with E-state index in [9.17, 15) is 20.0 Å². The Balaban J connectivity index is 2.67. The number of rotatable bonds is 6. The maximum absolute atomic E-state index is 11.7. The summed E-state index contributed by atoms with van der Waals surface area (Å²) in [7, 11) is 2.93. The number of para-hydroxylation sites is 1. The largest absolute Gasteiger partial charge is 0.497 e. The van der Waals surface area contributed by atoms with Gasteiger partial charge in [0.1, 0.15) is 11.5 Å². The Hall–Kier alpha value is -3.35. The molecule has 0 heterocycles. The molecule has 0 unspecified atom stereocenters. The minimum absolute atomic E-state index is 0.0138. The van der Waals surface area contributed by atoms with Crippen molar-refractivity contribution in [3.05, 3.63) is 63.7 Å². The summed E-state index contributed by atoms with van der Waals surface area (Å²) in [5.74, 6) is -0.350. The molecule has 24 heavy (non-hydrogen) atoms. The number of methoxy groups -OCH3 is 2. The molecule has 124 valence electrons. The van der Waals surface area contributed by atoms with E-state index in [4.69, 9.17) is 9.47 Å². The topological polar surface area (TPSA) is 98.9 Å². The Labute approximate surface area is 137 Å². The molecule has 0 atom stereocenters. The highest BCUT2D eigenvalue weighted by Gasteiger charge is 2.21. The first kappa shape index (κ1) is 17.0. The van der Waals surface area contributed by atoms with Gasteiger partial charge in [0.15, 0.2) is 0 Å². The molecule has 7 nitrogen and oxygen atoms in total. The molecule has 0 aromatic heterocycles. The first-order chi connectivity index (χ1) is 11.5. The van der Waals surface area contributed by atoms with E-state index in [2.05, 4.69) is 0 Å². The van der Waals surface area contributed by atoms with Gasteiger partial charge in [-0.15, -0.1) is 0 Å². The van der Waals surface area contributed by atoms with Gasteiger partial charge >= 0.3 is 5.97 Å². The molecule has 0 fully saturated rings. The fraction of sp³-hybridized carbons (Fsp3) is 0.118. The van der Waals surface area contributed by atoms with Gasteiger partial charge in [-0.05, 0) is 30.3 Å². The van der Waals surface area contributed by atoms with E-state index in [1.54, 1.807) is 24.3 Å². The van der Waals surface area contributed by atoms with E-state index in [1.165, 1.54) is 38.5 Å². The highest BCUT2D eigenvalue weighted by Crippen LogP contribution is 2.31. The smallest absolute Gasteiger partial charge is 0.336 e. The van der Waals surface area contributed by atoms with Gasteiger partial charge in [0.2, 0.25) is 0 Å². The monoisotopic (exact) mass is 329 g/mol. The Kier molecular flexibility index (Phi) is 5.16. The maximum atomic E-state index is 11.7. The van der Waals surface area contributed by atoms with E-state index in [1.807, 2.05) is 0 Å². The predicted molar refractivity (Wildman–Crippen MR) is 88.1 cm³/mol. The number of nitro groups is 1. The number of nitro benzene ring substituents is 1. The van der Waals surface area contributed by atoms with Gasteiger partial charge in [0, 0.05) is 11.6 Å². The van der Waals surface area contributed by atoms with Gasteiger partial charge < -0.3 is 14.6 Å². The number of nitrogens with zero attached hydrogens (tertiary/aromatic N) is 1. The Morgan fingerprint density at radius 2 is 1.88 bits per heavy atom. The zero-order valence-electron chi connectivity index (χ0n) is 13.1. The van der Waals surface area contributed by atoms with Crippen molar-refractivity contribution in [2.75, 3.05) is 14.2 Å². The summed E-state index contributed by atoms with van der Waals surface area (Å²) >= 11 is 0. The minimum atomic E-state index is -1.28. The van der Waals surface area contributed by atoms with Crippen LogP contribution in [-0.4, -0.2) is 30.2 Å². The number of ether oxygens (including phenoxy) is 2. The number of hydrogen-bond donors (Lipinski definition) is 1. The number of aliphatic carboxylic acids is 1. The predicted octanol–water partition coefficient (Wildman–Crippen LogP) is 3.24. The molecule has 7 heteroatoms.